The van der Waals surface area contributed by atoms with E-state index in [0.29, 0.717) is 22.9 Å². The summed E-state index contributed by atoms with van der Waals surface area (Å²) < 4.78 is 11.0. The Balaban J connectivity index is 1.45. The highest BCUT2D eigenvalue weighted by Gasteiger charge is 2.11. The standard InChI is InChI=1S/C18H16N4O4S/c19-17(24)12-6-8-13(9-7-12)20-15(23)11-27-18-22-21-16(26-18)10-25-14-4-2-1-3-5-14/h1-9H,10-11H2,(H2,19,24)(H,20,23). The molecule has 0 aliphatic rings. The van der Waals surface area contributed by atoms with E-state index in [1.807, 2.05) is 30.3 Å². The van der Waals surface area contributed by atoms with Crippen LogP contribution in [-0.4, -0.2) is 27.8 Å². The molecule has 0 bridgehead atoms. The van der Waals surface area contributed by atoms with Gasteiger partial charge in [-0.3, -0.25) is 9.59 Å². The van der Waals surface area contributed by atoms with Gasteiger partial charge in [-0.05, 0) is 36.4 Å². The summed E-state index contributed by atoms with van der Waals surface area (Å²) >= 11 is 1.12. The van der Waals surface area contributed by atoms with Gasteiger partial charge in [-0.25, -0.2) is 0 Å². The minimum Gasteiger partial charge on any atom is -0.484 e. The number of primary amides is 1. The Labute approximate surface area is 159 Å². The third-order valence-corrected chi connectivity index (χ3v) is 4.15. The lowest BCUT2D eigenvalue weighted by Crippen LogP contribution is -2.15. The van der Waals surface area contributed by atoms with E-state index in [-0.39, 0.29) is 23.5 Å². The minimum atomic E-state index is -0.521. The van der Waals surface area contributed by atoms with Crippen molar-refractivity contribution in [1.29, 1.82) is 0 Å². The number of hydrogen-bond acceptors (Lipinski definition) is 7. The van der Waals surface area contributed by atoms with Crippen LogP contribution in [0, 0.1) is 0 Å². The second kappa shape index (κ2) is 8.86. The first kappa shape index (κ1) is 18.5. The number of thioether (sulfide) groups is 1. The molecule has 138 valence electrons. The number of carbonyl (C=O) groups excluding carboxylic acids is 2. The molecule has 0 unspecified atom stereocenters. The van der Waals surface area contributed by atoms with E-state index in [2.05, 4.69) is 15.5 Å². The fourth-order valence-corrected chi connectivity index (χ4v) is 2.64. The lowest BCUT2D eigenvalue weighted by Gasteiger charge is -2.04. The smallest absolute Gasteiger partial charge is 0.277 e. The molecule has 8 nitrogen and oxygen atoms in total. The van der Waals surface area contributed by atoms with Gasteiger partial charge in [0.2, 0.25) is 11.8 Å². The van der Waals surface area contributed by atoms with Gasteiger partial charge < -0.3 is 20.2 Å². The van der Waals surface area contributed by atoms with E-state index < -0.39 is 5.91 Å². The molecule has 9 heteroatoms. The highest BCUT2D eigenvalue weighted by Crippen LogP contribution is 2.18. The van der Waals surface area contributed by atoms with Crippen molar-refractivity contribution in [3.63, 3.8) is 0 Å². The summed E-state index contributed by atoms with van der Waals surface area (Å²) in [6.07, 6.45) is 0. The van der Waals surface area contributed by atoms with Crippen molar-refractivity contribution in [3.8, 4) is 5.75 Å². The molecule has 1 aromatic heterocycles. The zero-order chi connectivity index (χ0) is 19.1. The number of amides is 2. The molecule has 2 aromatic carbocycles. The number of nitrogens with one attached hydrogen (secondary N) is 1. The van der Waals surface area contributed by atoms with Crippen LogP contribution in [0.2, 0.25) is 0 Å². The molecule has 3 N–H and O–H groups in total. The Morgan fingerprint density at radius 1 is 1.07 bits per heavy atom. The van der Waals surface area contributed by atoms with Crippen LogP contribution in [0.5, 0.6) is 5.75 Å². The van der Waals surface area contributed by atoms with E-state index in [1.54, 1.807) is 24.3 Å². The predicted octanol–water partition coefficient (Wildman–Crippen LogP) is 2.48. The topological polar surface area (TPSA) is 120 Å². The van der Waals surface area contributed by atoms with E-state index in [9.17, 15) is 9.59 Å². The van der Waals surface area contributed by atoms with Crippen LogP contribution >= 0.6 is 11.8 Å². The number of aromatic nitrogens is 2. The van der Waals surface area contributed by atoms with Crippen LogP contribution in [0.25, 0.3) is 0 Å². The quantitative estimate of drug-likeness (QED) is 0.572. The molecule has 0 spiro atoms. The maximum absolute atomic E-state index is 12.0. The van der Waals surface area contributed by atoms with Gasteiger partial charge >= 0.3 is 0 Å². The summed E-state index contributed by atoms with van der Waals surface area (Å²) in [5, 5.41) is 10.7. The third kappa shape index (κ3) is 5.58. The molecule has 0 aliphatic carbocycles. The molecule has 1 heterocycles. The van der Waals surface area contributed by atoms with Gasteiger partial charge in [0, 0.05) is 11.3 Å². The van der Waals surface area contributed by atoms with Crippen molar-refractivity contribution >= 4 is 29.3 Å². The van der Waals surface area contributed by atoms with Crippen LogP contribution in [-0.2, 0) is 11.4 Å². The summed E-state index contributed by atoms with van der Waals surface area (Å²) in [5.74, 6) is 0.355. The molecule has 0 saturated carbocycles. The van der Waals surface area contributed by atoms with Crippen molar-refractivity contribution in [2.24, 2.45) is 5.73 Å². The average Bonchev–Trinajstić information content (AvgIpc) is 3.14. The van der Waals surface area contributed by atoms with Gasteiger partial charge in [0.05, 0.1) is 5.75 Å². The van der Waals surface area contributed by atoms with Crippen LogP contribution in [0.15, 0.2) is 64.2 Å². The molecular weight excluding hydrogens is 368 g/mol. The summed E-state index contributed by atoms with van der Waals surface area (Å²) in [6.45, 7) is 0.149. The van der Waals surface area contributed by atoms with Crippen molar-refractivity contribution in [2.45, 2.75) is 11.8 Å². The molecule has 0 atom stereocenters. The molecule has 3 rings (SSSR count). The lowest BCUT2D eigenvalue weighted by molar-refractivity contribution is -0.113. The molecule has 3 aromatic rings. The SMILES string of the molecule is NC(=O)c1ccc(NC(=O)CSc2nnc(COc3ccccc3)o2)cc1. The van der Waals surface area contributed by atoms with Gasteiger partial charge in [-0.15, -0.1) is 10.2 Å². The summed E-state index contributed by atoms with van der Waals surface area (Å²) in [5.41, 5.74) is 6.11. The first-order valence-corrected chi connectivity index (χ1v) is 8.91. The number of hydrogen-bond donors (Lipinski definition) is 2. The summed E-state index contributed by atoms with van der Waals surface area (Å²) in [4.78, 5) is 23.0. The predicted molar refractivity (Wildman–Crippen MR) is 99.4 cm³/mol. The van der Waals surface area contributed by atoms with E-state index in [4.69, 9.17) is 14.9 Å². The second-order valence-electron chi connectivity index (χ2n) is 5.34. The second-order valence-corrected chi connectivity index (χ2v) is 6.27. The van der Waals surface area contributed by atoms with Crippen molar-refractivity contribution in [1.82, 2.24) is 10.2 Å². The number of benzene rings is 2. The van der Waals surface area contributed by atoms with Crippen LogP contribution in [0.1, 0.15) is 16.2 Å². The Bertz CT molecular complexity index is 913. The third-order valence-electron chi connectivity index (χ3n) is 3.33. The van der Waals surface area contributed by atoms with Gasteiger partial charge in [0.15, 0.2) is 6.61 Å². The van der Waals surface area contributed by atoms with Crippen LogP contribution < -0.4 is 15.8 Å². The van der Waals surface area contributed by atoms with Gasteiger partial charge in [-0.2, -0.15) is 0 Å². The Hall–Kier alpha value is -3.33. The molecule has 0 saturated heterocycles. The first-order valence-electron chi connectivity index (χ1n) is 7.93. The summed E-state index contributed by atoms with van der Waals surface area (Å²) in [7, 11) is 0. The zero-order valence-electron chi connectivity index (χ0n) is 14.1. The van der Waals surface area contributed by atoms with Gasteiger partial charge in [0.1, 0.15) is 5.75 Å². The maximum Gasteiger partial charge on any atom is 0.277 e. The zero-order valence-corrected chi connectivity index (χ0v) is 14.9. The number of carbonyl (C=O) groups is 2. The molecule has 0 radical (unpaired) electrons. The average molecular weight is 384 g/mol. The van der Waals surface area contributed by atoms with E-state index in [0.717, 1.165) is 11.8 Å². The minimum absolute atomic E-state index is 0.0960. The lowest BCUT2D eigenvalue weighted by atomic mass is 10.2. The van der Waals surface area contributed by atoms with Crippen LogP contribution in [0.4, 0.5) is 5.69 Å². The Kier molecular flexibility index (Phi) is 6.06. The molecule has 2 amide bonds. The fraction of sp³-hybridized carbons (Fsp3) is 0.111. The molecule has 0 fully saturated rings. The van der Waals surface area contributed by atoms with Gasteiger partial charge in [0.25, 0.3) is 11.1 Å². The Morgan fingerprint density at radius 3 is 2.52 bits per heavy atom. The highest BCUT2D eigenvalue weighted by molar-refractivity contribution is 7.99. The number of nitrogens with zero attached hydrogens (tertiary/aromatic N) is 2. The molecule has 0 aliphatic heterocycles. The number of anilines is 1. The van der Waals surface area contributed by atoms with E-state index in [1.165, 1.54) is 0 Å². The normalized spacial score (nSPS) is 10.4. The largest absolute Gasteiger partial charge is 0.484 e. The van der Waals surface area contributed by atoms with Crippen LogP contribution in [0.3, 0.4) is 0 Å². The monoisotopic (exact) mass is 384 g/mol. The number of para-hydroxylation sites is 1. The number of ether oxygens (including phenoxy) is 1. The maximum atomic E-state index is 12.0. The van der Waals surface area contributed by atoms with Crippen molar-refractivity contribution < 1.29 is 18.7 Å². The van der Waals surface area contributed by atoms with Gasteiger partial charge in [-0.1, -0.05) is 30.0 Å². The fourth-order valence-electron chi connectivity index (χ4n) is 2.06. The van der Waals surface area contributed by atoms with Crippen molar-refractivity contribution in [3.05, 3.63) is 66.1 Å². The first-order chi connectivity index (χ1) is 13.1. The number of nitrogens with two attached hydrogens (primary N) is 1. The number of rotatable bonds is 8. The van der Waals surface area contributed by atoms with Crippen molar-refractivity contribution in [2.75, 3.05) is 11.1 Å². The molecule has 27 heavy (non-hydrogen) atoms. The summed E-state index contributed by atoms with van der Waals surface area (Å²) in [6, 6.07) is 15.6. The molecular formula is C18H16N4O4S. The Morgan fingerprint density at radius 2 is 1.81 bits per heavy atom. The van der Waals surface area contributed by atoms with E-state index >= 15 is 0 Å². The highest BCUT2D eigenvalue weighted by atomic mass is 32.2.